The summed E-state index contributed by atoms with van der Waals surface area (Å²) in [6.45, 7) is 3.49. The Balaban J connectivity index is 1.53. The molecule has 2 aliphatic rings. The van der Waals surface area contributed by atoms with Gasteiger partial charge in [-0.25, -0.2) is 9.97 Å². The van der Waals surface area contributed by atoms with E-state index in [-0.39, 0.29) is 23.2 Å². The fraction of sp³-hybridized carbons (Fsp3) is 0.579. The lowest BCUT2D eigenvalue weighted by molar-refractivity contribution is 0.0671. The first-order chi connectivity index (χ1) is 12.7. The number of nitrogens with zero attached hydrogens (tertiary/aromatic N) is 4. The number of imidazole rings is 1. The number of likely N-dealkylation sites (tertiary alicyclic amines) is 1. The molecule has 1 N–H and O–H groups in total. The van der Waals surface area contributed by atoms with E-state index in [1.54, 1.807) is 0 Å². The van der Waals surface area contributed by atoms with Crippen LogP contribution in [-0.4, -0.2) is 43.4 Å². The van der Waals surface area contributed by atoms with E-state index in [4.69, 9.17) is 0 Å². The smallest absolute Gasteiger partial charge is 0.272 e. The Labute approximate surface area is 152 Å². The molecule has 1 saturated carbocycles. The molecule has 2 aromatic heterocycles. The third-order valence-electron chi connectivity index (χ3n) is 5.24. The van der Waals surface area contributed by atoms with Crippen molar-refractivity contribution in [1.82, 2.24) is 24.4 Å². The predicted octanol–water partition coefficient (Wildman–Crippen LogP) is 2.27. The number of aromatic nitrogens is 4. The second kappa shape index (κ2) is 7.05. The molecule has 0 spiro atoms. The molecule has 7 nitrogen and oxygen atoms in total. The van der Waals surface area contributed by atoms with E-state index in [1.807, 2.05) is 17.3 Å². The van der Waals surface area contributed by atoms with Gasteiger partial charge in [0.1, 0.15) is 17.3 Å². The summed E-state index contributed by atoms with van der Waals surface area (Å²) in [7, 11) is 0. The zero-order chi connectivity index (χ0) is 18.1. The van der Waals surface area contributed by atoms with Crippen molar-refractivity contribution in [2.24, 2.45) is 0 Å². The fourth-order valence-corrected chi connectivity index (χ4v) is 3.76. The minimum absolute atomic E-state index is 0.139. The molecular weight excluding hydrogens is 330 g/mol. The molecule has 0 bridgehead atoms. The highest BCUT2D eigenvalue weighted by Crippen LogP contribution is 2.37. The Kier molecular flexibility index (Phi) is 4.61. The monoisotopic (exact) mass is 355 g/mol. The van der Waals surface area contributed by atoms with E-state index >= 15 is 0 Å². The van der Waals surface area contributed by atoms with E-state index in [9.17, 15) is 9.59 Å². The number of aryl methyl sites for hydroxylation is 1. The number of amides is 1. The van der Waals surface area contributed by atoms with Gasteiger partial charge in [-0.15, -0.1) is 0 Å². The summed E-state index contributed by atoms with van der Waals surface area (Å²) in [4.78, 5) is 38.4. The van der Waals surface area contributed by atoms with E-state index < -0.39 is 0 Å². The van der Waals surface area contributed by atoms with Crippen molar-refractivity contribution in [1.29, 1.82) is 0 Å². The van der Waals surface area contributed by atoms with E-state index in [0.29, 0.717) is 24.8 Å². The normalized spacial score (nSPS) is 20.3. The van der Waals surface area contributed by atoms with Crippen LogP contribution in [0.2, 0.25) is 0 Å². The molecular formula is C19H25N5O2. The predicted molar refractivity (Wildman–Crippen MR) is 97.2 cm³/mol. The van der Waals surface area contributed by atoms with Gasteiger partial charge in [0, 0.05) is 43.9 Å². The van der Waals surface area contributed by atoms with Crippen LogP contribution in [0.15, 0.2) is 23.3 Å². The van der Waals surface area contributed by atoms with Gasteiger partial charge < -0.3 is 14.5 Å². The maximum atomic E-state index is 13.0. The van der Waals surface area contributed by atoms with E-state index in [1.165, 1.54) is 6.07 Å². The van der Waals surface area contributed by atoms with Crippen molar-refractivity contribution in [3.63, 3.8) is 0 Å². The van der Waals surface area contributed by atoms with Crippen molar-refractivity contribution in [3.8, 4) is 0 Å². The summed E-state index contributed by atoms with van der Waals surface area (Å²) in [6.07, 6.45) is 9.89. The SMILES string of the molecule is CCCc1nccn1C1CCCN(C(=O)c2cc(=O)[nH]c(C3CC3)n2)C1. The highest BCUT2D eigenvalue weighted by molar-refractivity contribution is 5.92. The molecule has 1 aliphatic carbocycles. The largest absolute Gasteiger partial charge is 0.335 e. The molecule has 0 radical (unpaired) electrons. The summed E-state index contributed by atoms with van der Waals surface area (Å²) >= 11 is 0. The van der Waals surface area contributed by atoms with E-state index in [0.717, 1.165) is 44.3 Å². The van der Waals surface area contributed by atoms with Crippen molar-refractivity contribution in [2.45, 2.75) is 57.4 Å². The van der Waals surface area contributed by atoms with Crippen LogP contribution >= 0.6 is 0 Å². The van der Waals surface area contributed by atoms with Crippen molar-refractivity contribution in [3.05, 3.63) is 46.2 Å². The third kappa shape index (κ3) is 3.43. The number of rotatable bonds is 5. The van der Waals surface area contributed by atoms with Crippen LogP contribution in [0.1, 0.15) is 73.1 Å². The number of aromatic amines is 1. The first-order valence-corrected chi connectivity index (χ1v) is 9.58. The highest BCUT2D eigenvalue weighted by Gasteiger charge is 2.30. The van der Waals surface area contributed by atoms with Crippen LogP contribution < -0.4 is 5.56 Å². The maximum Gasteiger partial charge on any atom is 0.272 e. The van der Waals surface area contributed by atoms with Crippen LogP contribution in [0.25, 0.3) is 0 Å². The van der Waals surface area contributed by atoms with Crippen LogP contribution in [0.5, 0.6) is 0 Å². The summed E-state index contributed by atoms with van der Waals surface area (Å²) < 4.78 is 2.21. The lowest BCUT2D eigenvalue weighted by Gasteiger charge is -2.34. The molecule has 1 unspecified atom stereocenters. The number of hydrogen-bond donors (Lipinski definition) is 1. The number of H-pyrrole nitrogens is 1. The minimum Gasteiger partial charge on any atom is -0.335 e. The summed E-state index contributed by atoms with van der Waals surface area (Å²) in [5.74, 6) is 1.92. The Morgan fingerprint density at radius 1 is 1.35 bits per heavy atom. The quantitative estimate of drug-likeness (QED) is 0.892. The topological polar surface area (TPSA) is 83.9 Å². The molecule has 26 heavy (non-hydrogen) atoms. The number of carbonyl (C=O) groups is 1. The molecule has 4 rings (SSSR count). The van der Waals surface area contributed by atoms with Crippen molar-refractivity contribution >= 4 is 5.91 Å². The van der Waals surface area contributed by atoms with E-state index in [2.05, 4.69) is 26.4 Å². The molecule has 7 heteroatoms. The standard InChI is InChI=1S/C19H25N5O2/c1-2-4-16-20-8-10-24(16)14-5-3-9-23(12-14)19(26)15-11-17(25)22-18(21-15)13-6-7-13/h8,10-11,13-14H,2-7,9,12H2,1H3,(H,21,22,25). The molecule has 1 amide bonds. The zero-order valence-electron chi connectivity index (χ0n) is 15.1. The van der Waals surface area contributed by atoms with Gasteiger partial charge in [0.05, 0.1) is 6.04 Å². The molecule has 2 fully saturated rings. The first-order valence-electron chi connectivity index (χ1n) is 9.58. The van der Waals surface area contributed by atoms with Crippen LogP contribution in [-0.2, 0) is 6.42 Å². The van der Waals surface area contributed by atoms with Gasteiger partial charge in [-0.1, -0.05) is 6.92 Å². The molecule has 1 aliphatic heterocycles. The Hall–Kier alpha value is -2.44. The van der Waals surface area contributed by atoms with Gasteiger partial charge in [-0.2, -0.15) is 0 Å². The van der Waals surface area contributed by atoms with Crippen molar-refractivity contribution in [2.75, 3.05) is 13.1 Å². The van der Waals surface area contributed by atoms with Gasteiger partial charge in [-0.05, 0) is 32.1 Å². The van der Waals surface area contributed by atoms with Gasteiger partial charge in [0.2, 0.25) is 0 Å². The molecule has 3 heterocycles. The van der Waals surface area contributed by atoms with Crippen LogP contribution in [0, 0.1) is 0 Å². The van der Waals surface area contributed by atoms with Crippen LogP contribution in [0.3, 0.4) is 0 Å². The highest BCUT2D eigenvalue weighted by atomic mass is 16.2. The van der Waals surface area contributed by atoms with Gasteiger partial charge in [0.25, 0.3) is 11.5 Å². The lowest BCUT2D eigenvalue weighted by Crippen LogP contribution is -2.41. The van der Waals surface area contributed by atoms with Crippen LogP contribution in [0.4, 0.5) is 0 Å². The first kappa shape index (κ1) is 17.0. The Bertz CT molecular complexity index is 852. The second-order valence-corrected chi connectivity index (χ2v) is 7.34. The Morgan fingerprint density at radius 2 is 2.19 bits per heavy atom. The number of piperidine rings is 1. The summed E-state index contributed by atoms with van der Waals surface area (Å²) in [5.41, 5.74) is 0.0364. The second-order valence-electron chi connectivity index (χ2n) is 7.34. The average Bonchev–Trinajstić information content (AvgIpc) is 3.40. The minimum atomic E-state index is -0.237. The summed E-state index contributed by atoms with van der Waals surface area (Å²) in [6, 6.07) is 1.57. The van der Waals surface area contributed by atoms with Gasteiger partial charge in [0.15, 0.2) is 0 Å². The average molecular weight is 355 g/mol. The number of carbonyl (C=O) groups excluding carboxylic acids is 1. The molecule has 0 aromatic carbocycles. The molecule has 1 saturated heterocycles. The molecule has 138 valence electrons. The Morgan fingerprint density at radius 3 is 2.96 bits per heavy atom. The lowest BCUT2D eigenvalue weighted by atomic mass is 10.0. The summed E-state index contributed by atoms with van der Waals surface area (Å²) in [5, 5.41) is 0. The number of nitrogens with one attached hydrogen (secondary N) is 1. The van der Waals surface area contributed by atoms with Gasteiger partial charge in [-0.3, -0.25) is 9.59 Å². The van der Waals surface area contributed by atoms with Gasteiger partial charge >= 0.3 is 0 Å². The zero-order valence-corrected chi connectivity index (χ0v) is 15.1. The third-order valence-corrected chi connectivity index (χ3v) is 5.24. The van der Waals surface area contributed by atoms with Crippen molar-refractivity contribution < 1.29 is 4.79 Å². The molecule has 1 atom stereocenters. The number of hydrogen-bond acceptors (Lipinski definition) is 4. The maximum absolute atomic E-state index is 13.0. The fourth-order valence-electron chi connectivity index (χ4n) is 3.76. The molecule has 2 aromatic rings.